The van der Waals surface area contributed by atoms with Crippen LogP contribution in [0.25, 0.3) is 0 Å². The minimum absolute atomic E-state index is 0.148. The second kappa shape index (κ2) is 7.87. The molecule has 6 heteroatoms. The molecule has 23 heavy (non-hydrogen) atoms. The number of carbonyl (C=O) groups excluding carboxylic acids is 3. The van der Waals surface area contributed by atoms with Gasteiger partial charge in [-0.3, -0.25) is 9.59 Å². The molecule has 1 heterocycles. The lowest BCUT2D eigenvalue weighted by Crippen LogP contribution is -2.44. The van der Waals surface area contributed by atoms with Crippen LogP contribution in [0, 0.1) is 0 Å². The van der Waals surface area contributed by atoms with E-state index < -0.39 is 11.9 Å². The van der Waals surface area contributed by atoms with E-state index >= 15 is 0 Å². The number of primary amides is 1. The van der Waals surface area contributed by atoms with Crippen molar-refractivity contribution >= 4 is 18.1 Å². The molecule has 2 amide bonds. The van der Waals surface area contributed by atoms with Crippen molar-refractivity contribution in [2.45, 2.75) is 44.7 Å². The Morgan fingerprint density at radius 2 is 2.17 bits per heavy atom. The van der Waals surface area contributed by atoms with Gasteiger partial charge >= 0.3 is 0 Å². The number of fused-ring (bicyclic) bond motifs is 1. The Labute approximate surface area is 135 Å². The molecule has 0 saturated heterocycles. The molecule has 2 rings (SSSR count). The van der Waals surface area contributed by atoms with Crippen LogP contribution in [-0.4, -0.2) is 40.8 Å². The molecule has 1 atom stereocenters. The van der Waals surface area contributed by atoms with Crippen LogP contribution in [0.15, 0.2) is 18.2 Å². The Bertz CT molecular complexity index is 600. The first-order chi connectivity index (χ1) is 11.1. The van der Waals surface area contributed by atoms with Gasteiger partial charge in [0.05, 0.1) is 0 Å². The molecule has 0 aromatic heterocycles. The Morgan fingerprint density at radius 1 is 1.39 bits per heavy atom. The van der Waals surface area contributed by atoms with Crippen molar-refractivity contribution in [3.8, 4) is 0 Å². The van der Waals surface area contributed by atoms with E-state index in [0.29, 0.717) is 18.5 Å². The standard InChI is InChI=1S/C17H22N2O4/c18-16(22)15(8-4-10-21)19-11-14-12(5-1-2-9-20)6-3-7-13(14)17(19)23/h3,6-7,10,15,20H,1-2,4-5,8-9,11H2,(H2,18,22). The number of hydrogen-bond acceptors (Lipinski definition) is 4. The molecular formula is C17H22N2O4. The highest BCUT2D eigenvalue weighted by Gasteiger charge is 2.36. The quantitative estimate of drug-likeness (QED) is 0.519. The molecule has 124 valence electrons. The summed E-state index contributed by atoms with van der Waals surface area (Å²) in [4.78, 5) is 36.3. The van der Waals surface area contributed by atoms with Crippen molar-refractivity contribution in [3.05, 3.63) is 34.9 Å². The maximum atomic E-state index is 12.6. The van der Waals surface area contributed by atoms with Crippen molar-refractivity contribution in [1.29, 1.82) is 0 Å². The van der Waals surface area contributed by atoms with Crippen LogP contribution >= 0.6 is 0 Å². The number of benzene rings is 1. The zero-order chi connectivity index (χ0) is 16.8. The van der Waals surface area contributed by atoms with Gasteiger partial charge in [-0.05, 0) is 42.9 Å². The largest absolute Gasteiger partial charge is 0.396 e. The van der Waals surface area contributed by atoms with E-state index in [-0.39, 0.29) is 25.4 Å². The van der Waals surface area contributed by atoms with Gasteiger partial charge in [-0.15, -0.1) is 0 Å². The van der Waals surface area contributed by atoms with E-state index in [2.05, 4.69) is 0 Å². The van der Waals surface area contributed by atoms with Crippen LogP contribution in [-0.2, 0) is 22.6 Å². The maximum absolute atomic E-state index is 12.6. The average Bonchev–Trinajstić information content (AvgIpc) is 2.86. The predicted octanol–water partition coefficient (Wildman–Crippen LogP) is 0.790. The molecule has 0 aliphatic carbocycles. The first-order valence-electron chi connectivity index (χ1n) is 7.85. The fourth-order valence-electron chi connectivity index (χ4n) is 3.01. The van der Waals surface area contributed by atoms with Crippen LogP contribution in [0.4, 0.5) is 0 Å². The first kappa shape index (κ1) is 17.1. The fourth-order valence-corrected chi connectivity index (χ4v) is 3.01. The normalized spacial score (nSPS) is 14.7. The van der Waals surface area contributed by atoms with Crippen LogP contribution in [0.1, 0.15) is 47.2 Å². The molecule has 1 aromatic carbocycles. The molecule has 0 spiro atoms. The number of hydrogen-bond donors (Lipinski definition) is 2. The minimum Gasteiger partial charge on any atom is -0.396 e. The Morgan fingerprint density at radius 3 is 2.83 bits per heavy atom. The van der Waals surface area contributed by atoms with Gasteiger partial charge in [-0.25, -0.2) is 0 Å². The molecule has 0 bridgehead atoms. The highest BCUT2D eigenvalue weighted by atomic mass is 16.3. The monoisotopic (exact) mass is 318 g/mol. The SMILES string of the molecule is NC(=O)C(CCC=O)N1Cc2c(CCCCO)cccc2C1=O. The van der Waals surface area contributed by atoms with E-state index in [1.807, 2.05) is 12.1 Å². The van der Waals surface area contributed by atoms with Crippen LogP contribution in [0.3, 0.4) is 0 Å². The number of amides is 2. The van der Waals surface area contributed by atoms with Crippen molar-refractivity contribution in [2.24, 2.45) is 5.73 Å². The highest BCUT2D eigenvalue weighted by molar-refractivity contribution is 6.01. The highest BCUT2D eigenvalue weighted by Crippen LogP contribution is 2.29. The predicted molar refractivity (Wildman–Crippen MR) is 84.6 cm³/mol. The summed E-state index contributed by atoms with van der Waals surface area (Å²) in [6.45, 7) is 0.492. The molecular weight excluding hydrogens is 296 g/mol. The molecule has 1 aromatic rings. The van der Waals surface area contributed by atoms with Crippen molar-refractivity contribution in [1.82, 2.24) is 4.90 Å². The lowest BCUT2D eigenvalue weighted by atomic mass is 9.99. The summed E-state index contributed by atoms with van der Waals surface area (Å²) in [6.07, 6.45) is 3.50. The number of carbonyl (C=O) groups is 3. The smallest absolute Gasteiger partial charge is 0.255 e. The van der Waals surface area contributed by atoms with Crippen LogP contribution < -0.4 is 5.73 Å². The molecule has 1 aliphatic heterocycles. The third-order valence-electron chi connectivity index (χ3n) is 4.21. The lowest BCUT2D eigenvalue weighted by molar-refractivity contribution is -0.122. The third kappa shape index (κ3) is 3.76. The van der Waals surface area contributed by atoms with Gasteiger partial charge in [0.2, 0.25) is 5.91 Å². The number of aliphatic hydroxyl groups excluding tert-OH is 1. The molecule has 0 radical (unpaired) electrons. The van der Waals surface area contributed by atoms with Gasteiger partial charge in [0, 0.05) is 25.1 Å². The average molecular weight is 318 g/mol. The van der Waals surface area contributed by atoms with E-state index in [1.165, 1.54) is 4.90 Å². The van der Waals surface area contributed by atoms with Gasteiger partial charge in [0.1, 0.15) is 12.3 Å². The summed E-state index contributed by atoms with van der Waals surface area (Å²) in [5, 5.41) is 8.90. The Hall–Kier alpha value is -2.21. The minimum atomic E-state index is -0.759. The summed E-state index contributed by atoms with van der Waals surface area (Å²) in [6, 6.07) is 4.80. The zero-order valence-corrected chi connectivity index (χ0v) is 13.0. The number of aryl methyl sites for hydroxylation is 1. The molecule has 0 saturated carbocycles. The number of nitrogens with two attached hydrogens (primary N) is 1. The lowest BCUT2D eigenvalue weighted by Gasteiger charge is -2.24. The van der Waals surface area contributed by atoms with Gasteiger partial charge in [0.15, 0.2) is 0 Å². The van der Waals surface area contributed by atoms with Crippen molar-refractivity contribution < 1.29 is 19.5 Å². The van der Waals surface area contributed by atoms with Gasteiger partial charge < -0.3 is 20.5 Å². The second-order valence-electron chi connectivity index (χ2n) is 5.72. The second-order valence-corrected chi connectivity index (χ2v) is 5.72. The van der Waals surface area contributed by atoms with Gasteiger partial charge in [-0.1, -0.05) is 12.1 Å². The summed E-state index contributed by atoms with van der Waals surface area (Å²) in [5.74, 6) is -0.798. The van der Waals surface area contributed by atoms with Gasteiger partial charge in [-0.2, -0.15) is 0 Å². The molecule has 1 aliphatic rings. The van der Waals surface area contributed by atoms with E-state index in [9.17, 15) is 14.4 Å². The molecule has 3 N–H and O–H groups in total. The third-order valence-corrected chi connectivity index (χ3v) is 4.21. The number of aldehydes is 1. The first-order valence-corrected chi connectivity index (χ1v) is 7.85. The van der Waals surface area contributed by atoms with Crippen LogP contribution in [0.2, 0.25) is 0 Å². The topological polar surface area (TPSA) is 101 Å². The summed E-state index contributed by atoms with van der Waals surface area (Å²) >= 11 is 0. The molecule has 6 nitrogen and oxygen atoms in total. The molecule has 0 fully saturated rings. The molecule has 1 unspecified atom stereocenters. The number of unbranched alkanes of at least 4 members (excludes halogenated alkanes) is 1. The number of aliphatic hydroxyl groups is 1. The zero-order valence-electron chi connectivity index (χ0n) is 13.0. The van der Waals surface area contributed by atoms with E-state index in [1.54, 1.807) is 6.07 Å². The van der Waals surface area contributed by atoms with Crippen molar-refractivity contribution in [3.63, 3.8) is 0 Å². The Balaban J connectivity index is 2.21. The van der Waals surface area contributed by atoms with Crippen LogP contribution in [0.5, 0.6) is 0 Å². The maximum Gasteiger partial charge on any atom is 0.255 e. The van der Waals surface area contributed by atoms with E-state index in [0.717, 1.165) is 30.3 Å². The Kier molecular flexibility index (Phi) is 5.87. The van der Waals surface area contributed by atoms with E-state index in [4.69, 9.17) is 10.8 Å². The summed E-state index contributed by atoms with van der Waals surface area (Å²) in [7, 11) is 0. The van der Waals surface area contributed by atoms with Gasteiger partial charge in [0.25, 0.3) is 5.91 Å². The number of nitrogens with zero attached hydrogens (tertiary/aromatic N) is 1. The fraction of sp³-hybridized carbons (Fsp3) is 0.471. The summed E-state index contributed by atoms with van der Waals surface area (Å²) < 4.78 is 0. The number of rotatable bonds is 9. The van der Waals surface area contributed by atoms with Crippen molar-refractivity contribution in [2.75, 3.05) is 6.61 Å². The summed E-state index contributed by atoms with van der Waals surface area (Å²) in [5.41, 5.74) is 8.00.